The molecule has 0 saturated carbocycles. The summed E-state index contributed by atoms with van der Waals surface area (Å²) in [6.45, 7) is 1.68. The molecule has 1 aromatic carbocycles. The summed E-state index contributed by atoms with van der Waals surface area (Å²) >= 11 is 7.34. The molecule has 0 bridgehead atoms. The van der Waals surface area contributed by atoms with E-state index < -0.39 is 0 Å². The van der Waals surface area contributed by atoms with Gasteiger partial charge in [-0.3, -0.25) is 4.79 Å². The number of aryl methyl sites for hydroxylation is 1. The van der Waals surface area contributed by atoms with Crippen molar-refractivity contribution in [2.75, 3.05) is 22.5 Å². The SMILES string of the molecule is O=C(Nc1ccccc1Cl)c1cnc(Nc2cccc(NCCCn3ccnc3)n2)s1. The number of amides is 1. The average Bonchev–Trinajstić information content (AvgIpc) is 3.45. The Labute approximate surface area is 188 Å². The lowest BCUT2D eigenvalue weighted by Crippen LogP contribution is -2.10. The molecular formula is C21H20ClN7OS. The molecule has 0 unspecified atom stereocenters. The molecule has 3 heterocycles. The number of rotatable bonds is 9. The van der Waals surface area contributed by atoms with Gasteiger partial charge >= 0.3 is 0 Å². The number of aromatic nitrogens is 4. The number of nitrogens with zero attached hydrogens (tertiary/aromatic N) is 4. The van der Waals surface area contributed by atoms with Crippen LogP contribution in [-0.2, 0) is 6.54 Å². The predicted molar refractivity (Wildman–Crippen MR) is 124 cm³/mol. The lowest BCUT2D eigenvalue weighted by Gasteiger charge is -2.08. The zero-order valence-electron chi connectivity index (χ0n) is 16.5. The monoisotopic (exact) mass is 453 g/mol. The van der Waals surface area contributed by atoms with Gasteiger partial charge in [0.2, 0.25) is 0 Å². The second-order valence-corrected chi connectivity index (χ2v) is 8.02. The molecule has 0 saturated heterocycles. The van der Waals surface area contributed by atoms with Gasteiger partial charge in [0.15, 0.2) is 5.13 Å². The molecule has 1 amide bonds. The highest BCUT2D eigenvalue weighted by Crippen LogP contribution is 2.25. The van der Waals surface area contributed by atoms with E-state index in [1.807, 2.05) is 41.1 Å². The molecule has 0 aliphatic rings. The predicted octanol–water partition coefficient (Wildman–Crippen LogP) is 4.89. The van der Waals surface area contributed by atoms with Crippen LogP contribution in [-0.4, -0.2) is 32.0 Å². The fourth-order valence-electron chi connectivity index (χ4n) is 2.79. The van der Waals surface area contributed by atoms with Crippen LogP contribution >= 0.6 is 22.9 Å². The minimum absolute atomic E-state index is 0.264. The number of anilines is 4. The summed E-state index contributed by atoms with van der Waals surface area (Å²) in [6, 6.07) is 12.8. The fraction of sp³-hybridized carbons (Fsp3) is 0.143. The molecule has 0 aliphatic carbocycles. The largest absolute Gasteiger partial charge is 0.370 e. The Morgan fingerprint density at radius 3 is 2.84 bits per heavy atom. The van der Waals surface area contributed by atoms with E-state index in [0.29, 0.717) is 26.5 Å². The lowest BCUT2D eigenvalue weighted by atomic mass is 10.3. The number of thiazole rings is 1. The van der Waals surface area contributed by atoms with E-state index in [2.05, 4.69) is 30.9 Å². The van der Waals surface area contributed by atoms with Crippen LogP contribution in [0.2, 0.25) is 5.02 Å². The third-order valence-corrected chi connectivity index (χ3v) is 5.54. The summed E-state index contributed by atoms with van der Waals surface area (Å²) in [4.78, 5) is 25.8. The Morgan fingerprint density at radius 2 is 2.00 bits per heavy atom. The highest BCUT2D eigenvalue weighted by molar-refractivity contribution is 7.17. The first kappa shape index (κ1) is 20.8. The topological polar surface area (TPSA) is 96.8 Å². The van der Waals surface area contributed by atoms with Gasteiger partial charge in [-0.25, -0.2) is 15.0 Å². The Balaban J connectivity index is 1.31. The van der Waals surface area contributed by atoms with Gasteiger partial charge in [0, 0.05) is 25.5 Å². The van der Waals surface area contributed by atoms with Gasteiger partial charge in [-0.2, -0.15) is 0 Å². The number of para-hydroxylation sites is 1. The second-order valence-electron chi connectivity index (χ2n) is 6.58. The van der Waals surface area contributed by atoms with Gasteiger partial charge in [-0.15, -0.1) is 0 Å². The normalized spacial score (nSPS) is 10.6. The summed E-state index contributed by atoms with van der Waals surface area (Å²) in [6.07, 6.45) is 8.00. The maximum atomic E-state index is 12.5. The van der Waals surface area contributed by atoms with Crippen LogP contribution < -0.4 is 16.0 Å². The molecule has 0 fully saturated rings. The quantitative estimate of drug-likeness (QED) is 0.312. The molecule has 0 spiro atoms. The summed E-state index contributed by atoms with van der Waals surface area (Å²) in [5, 5.41) is 10.3. The molecule has 0 aliphatic heterocycles. The first-order valence-electron chi connectivity index (χ1n) is 9.63. The van der Waals surface area contributed by atoms with E-state index >= 15 is 0 Å². The van der Waals surface area contributed by atoms with Gasteiger partial charge in [0.05, 0.1) is 23.2 Å². The number of carbonyl (C=O) groups excluding carboxylic acids is 1. The van der Waals surface area contributed by atoms with Crippen molar-refractivity contribution in [3.63, 3.8) is 0 Å². The molecule has 3 N–H and O–H groups in total. The van der Waals surface area contributed by atoms with Gasteiger partial charge in [0.1, 0.15) is 16.5 Å². The molecular weight excluding hydrogens is 434 g/mol. The lowest BCUT2D eigenvalue weighted by molar-refractivity contribution is 0.103. The number of benzene rings is 1. The minimum atomic E-state index is -0.264. The van der Waals surface area contributed by atoms with Gasteiger partial charge < -0.3 is 20.5 Å². The van der Waals surface area contributed by atoms with E-state index in [-0.39, 0.29) is 5.91 Å². The van der Waals surface area contributed by atoms with Crippen LogP contribution in [0.3, 0.4) is 0 Å². The third kappa shape index (κ3) is 5.80. The van der Waals surface area contributed by atoms with Crippen LogP contribution in [0.4, 0.5) is 22.5 Å². The van der Waals surface area contributed by atoms with Crippen molar-refractivity contribution in [3.05, 3.63) is 77.3 Å². The van der Waals surface area contributed by atoms with Crippen LogP contribution in [0.5, 0.6) is 0 Å². The molecule has 3 aromatic heterocycles. The fourth-order valence-corrected chi connectivity index (χ4v) is 3.69. The maximum absolute atomic E-state index is 12.5. The van der Waals surface area contributed by atoms with E-state index in [1.165, 1.54) is 17.5 Å². The zero-order chi connectivity index (χ0) is 21.5. The second kappa shape index (κ2) is 10.1. The first-order chi connectivity index (χ1) is 15.2. The van der Waals surface area contributed by atoms with Crippen molar-refractivity contribution < 1.29 is 4.79 Å². The molecule has 31 heavy (non-hydrogen) atoms. The number of carbonyl (C=O) groups is 1. The number of nitrogens with one attached hydrogen (secondary N) is 3. The van der Waals surface area contributed by atoms with Crippen molar-refractivity contribution in [2.24, 2.45) is 0 Å². The Morgan fingerprint density at radius 1 is 1.13 bits per heavy atom. The van der Waals surface area contributed by atoms with E-state index in [9.17, 15) is 4.79 Å². The summed E-state index contributed by atoms with van der Waals surface area (Å²) < 4.78 is 2.04. The van der Waals surface area contributed by atoms with Crippen molar-refractivity contribution in [2.45, 2.75) is 13.0 Å². The van der Waals surface area contributed by atoms with Crippen molar-refractivity contribution in [1.29, 1.82) is 0 Å². The molecule has 10 heteroatoms. The highest BCUT2D eigenvalue weighted by atomic mass is 35.5. The molecule has 0 radical (unpaired) electrons. The van der Waals surface area contributed by atoms with Crippen LogP contribution in [0.1, 0.15) is 16.1 Å². The summed E-state index contributed by atoms with van der Waals surface area (Å²) in [5.74, 6) is 1.15. The zero-order valence-corrected chi connectivity index (χ0v) is 18.0. The standard InChI is InChI=1S/C21H20ClN7OS/c22-15-5-1-2-6-16(15)26-20(30)17-13-25-21(31-17)28-19-8-3-7-18(27-19)24-9-4-11-29-12-10-23-14-29/h1-3,5-8,10,12-14H,4,9,11H2,(H,26,30)(H2,24,25,27,28). The number of hydrogen-bond acceptors (Lipinski definition) is 7. The van der Waals surface area contributed by atoms with E-state index in [1.54, 1.807) is 24.7 Å². The molecule has 8 nitrogen and oxygen atoms in total. The number of pyridine rings is 1. The average molecular weight is 454 g/mol. The maximum Gasteiger partial charge on any atom is 0.267 e. The third-order valence-electron chi connectivity index (χ3n) is 4.29. The van der Waals surface area contributed by atoms with Crippen LogP contribution in [0.15, 0.2) is 67.4 Å². The van der Waals surface area contributed by atoms with Gasteiger partial charge in [-0.05, 0) is 30.7 Å². The van der Waals surface area contributed by atoms with Crippen LogP contribution in [0.25, 0.3) is 0 Å². The first-order valence-corrected chi connectivity index (χ1v) is 10.8. The molecule has 4 aromatic rings. The smallest absolute Gasteiger partial charge is 0.267 e. The van der Waals surface area contributed by atoms with E-state index in [0.717, 1.165) is 25.3 Å². The van der Waals surface area contributed by atoms with E-state index in [4.69, 9.17) is 11.6 Å². The van der Waals surface area contributed by atoms with Gasteiger partial charge in [0.25, 0.3) is 5.91 Å². The molecule has 158 valence electrons. The number of halogens is 1. The van der Waals surface area contributed by atoms with Crippen molar-refractivity contribution in [3.8, 4) is 0 Å². The summed E-state index contributed by atoms with van der Waals surface area (Å²) in [5.41, 5.74) is 0.561. The Hall–Kier alpha value is -3.43. The Bertz CT molecular complexity index is 1150. The molecule has 4 rings (SSSR count). The Kier molecular flexibility index (Phi) is 6.75. The molecule has 0 atom stereocenters. The minimum Gasteiger partial charge on any atom is -0.370 e. The number of hydrogen-bond donors (Lipinski definition) is 3. The van der Waals surface area contributed by atoms with Gasteiger partial charge in [-0.1, -0.05) is 41.1 Å². The highest BCUT2D eigenvalue weighted by Gasteiger charge is 2.13. The van der Waals surface area contributed by atoms with Crippen molar-refractivity contribution in [1.82, 2.24) is 19.5 Å². The van der Waals surface area contributed by atoms with Crippen LogP contribution in [0, 0.1) is 0 Å². The summed E-state index contributed by atoms with van der Waals surface area (Å²) in [7, 11) is 0. The van der Waals surface area contributed by atoms with Crippen molar-refractivity contribution >= 4 is 51.3 Å². The number of imidazole rings is 1.